The second kappa shape index (κ2) is 6.92. The second-order valence-electron chi connectivity index (χ2n) is 5.54. The van der Waals surface area contributed by atoms with Crippen molar-refractivity contribution in [2.75, 3.05) is 31.1 Å². The molecule has 1 aliphatic heterocycles. The molecule has 1 aromatic heterocycles. The maximum absolute atomic E-state index is 12.5. The zero-order valence-corrected chi connectivity index (χ0v) is 13.1. The molecule has 6 heteroatoms. The third-order valence-corrected chi connectivity index (χ3v) is 4.04. The molecule has 0 saturated carbocycles. The summed E-state index contributed by atoms with van der Waals surface area (Å²) in [6, 6.07) is 12.3. The summed E-state index contributed by atoms with van der Waals surface area (Å²) < 4.78 is 0. The van der Waals surface area contributed by atoms with E-state index in [2.05, 4.69) is 9.88 Å². The summed E-state index contributed by atoms with van der Waals surface area (Å²) in [4.78, 5) is 31.5. The smallest absolute Gasteiger partial charge is 0.253 e. The Morgan fingerprint density at radius 1 is 1.17 bits per heavy atom. The van der Waals surface area contributed by atoms with Crippen molar-refractivity contribution in [3.63, 3.8) is 0 Å². The number of carbonyl (C=O) groups excluding carboxylic acids is 2. The molecule has 6 nitrogen and oxygen atoms in total. The first-order chi connectivity index (χ1) is 11.7. The minimum atomic E-state index is -0.0638. The molecule has 0 bridgehead atoms. The van der Waals surface area contributed by atoms with E-state index in [0.29, 0.717) is 42.9 Å². The lowest BCUT2D eigenvalue weighted by Gasteiger charge is -2.35. The zero-order chi connectivity index (χ0) is 16.9. The SMILES string of the molecule is N#Cc1ccc(N2CCN(C(=O)c3cccc(C=O)c3)CC2)nc1. The predicted octanol–water partition coefficient (Wildman–Crippen LogP) is 1.73. The number of piperazine rings is 1. The van der Waals surface area contributed by atoms with Crippen LogP contribution in [-0.2, 0) is 0 Å². The van der Waals surface area contributed by atoms with Crippen molar-refractivity contribution in [1.82, 2.24) is 9.88 Å². The number of anilines is 1. The molecule has 0 spiro atoms. The molecule has 2 heterocycles. The second-order valence-corrected chi connectivity index (χ2v) is 5.54. The number of aromatic nitrogens is 1. The molecule has 1 saturated heterocycles. The van der Waals surface area contributed by atoms with E-state index in [-0.39, 0.29) is 5.91 Å². The number of nitriles is 1. The lowest BCUT2D eigenvalue weighted by molar-refractivity contribution is 0.0746. The van der Waals surface area contributed by atoms with E-state index in [9.17, 15) is 9.59 Å². The molecule has 0 radical (unpaired) electrons. The van der Waals surface area contributed by atoms with Crippen molar-refractivity contribution in [1.29, 1.82) is 5.26 Å². The van der Waals surface area contributed by atoms with E-state index >= 15 is 0 Å². The Bertz CT molecular complexity index is 787. The first kappa shape index (κ1) is 15.7. The highest BCUT2D eigenvalue weighted by molar-refractivity contribution is 5.95. The topological polar surface area (TPSA) is 77.3 Å². The fourth-order valence-corrected chi connectivity index (χ4v) is 2.71. The number of nitrogens with zero attached hydrogens (tertiary/aromatic N) is 4. The Morgan fingerprint density at radius 2 is 1.96 bits per heavy atom. The first-order valence-electron chi connectivity index (χ1n) is 7.67. The summed E-state index contributed by atoms with van der Waals surface area (Å²) >= 11 is 0. The van der Waals surface area contributed by atoms with Crippen LogP contribution in [0.2, 0.25) is 0 Å². The Labute approximate surface area is 139 Å². The third-order valence-electron chi connectivity index (χ3n) is 4.04. The van der Waals surface area contributed by atoms with Crippen LogP contribution >= 0.6 is 0 Å². The van der Waals surface area contributed by atoms with E-state index in [0.717, 1.165) is 12.1 Å². The van der Waals surface area contributed by atoms with Gasteiger partial charge < -0.3 is 9.80 Å². The average Bonchev–Trinajstić information content (AvgIpc) is 2.67. The van der Waals surface area contributed by atoms with Gasteiger partial charge in [0.25, 0.3) is 5.91 Å². The average molecular weight is 320 g/mol. The van der Waals surface area contributed by atoms with Crippen LogP contribution in [0.1, 0.15) is 26.3 Å². The van der Waals surface area contributed by atoms with Gasteiger partial charge in [0.2, 0.25) is 0 Å². The molecular formula is C18H16N4O2. The van der Waals surface area contributed by atoms with Crippen molar-refractivity contribution in [2.24, 2.45) is 0 Å². The van der Waals surface area contributed by atoms with E-state index < -0.39 is 0 Å². The maximum Gasteiger partial charge on any atom is 0.253 e. The van der Waals surface area contributed by atoms with Gasteiger partial charge >= 0.3 is 0 Å². The molecule has 3 rings (SSSR count). The Morgan fingerprint density at radius 3 is 2.58 bits per heavy atom. The van der Waals surface area contributed by atoms with Gasteiger partial charge in [-0.05, 0) is 24.3 Å². The van der Waals surface area contributed by atoms with E-state index in [1.165, 1.54) is 0 Å². The fraction of sp³-hybridized carbons (Fsp3) is 0.222. The van der Waals surface area contributed by atoms with Crippen molar-refractivity contribution in [3.05, 3.63) is 59.3 Å². The lowest BCUT2D eigenvalue weighted by Crippen LogP contribution is -2.49. The van der Waals surface area contributed by atoms with E-state index in [1.54, 1.807) is 41.4 Å². The van der Waals surface area contributed by atoms with Gasteiger partial charge in [-0.1, -0.05) is 12.1 Å². The highest BCUT2D eigenvalue weighted by Gasteiger charge is 2.22. The van der Waals surface area contributed by atoms with Crippen LogP contribution in [0.5, 0.6) is 0 Å². The molecule has 1 aromatic carbocycles. The van der Waals surface area contributed by atoms with Gasteiger partial charge in [-0.2, -0.15) is 5.26 Å². The van der Waals surface area contributed by atoms with Gasteiger partial charge in [-0.3, -0.25) is 9.59 Å². The van der Waals surface area contributed by atoms with Gasteiger partial charge in [0.05, 0.1) is 5.56 Å². The molecule has 120 valence electrons. The number of amides is 1. The molecule has 0 aliphatic carbocycles. The van der Waals surface area contributed by atoms with Crippen LogP contribution in [0, 0.1) is 11.3 Å². The highest BCUT2D eigenvalue weighted by Crippen LogP contribution is 2.16. The molecule has 0 unspecified atom stereocenters. The molecular weight excluding hydrogens is 304 g/mol. The summed E-state index contributed by atoms with van der Waals surface area (Å²) in [5.74, 6) is 0.746. The van der Waals surface area contributed by atoms with Crippen LogP contribution in [0.4, 0.5) is 5.82 Å². The van der Waals surface area contributed by atoms with Gasteiger partial charge in [0.15, 0.2) is 0 Å². The van der Waals surface area contributed by atoms with Crippen molar-refractivity contribution in [2.45, 2.75) is 0 Å². The standard InChI is InChI=1S/C18H16N4O2/c19-11-15-4-5-17(20-12-15)21-6-8-22(9-7-21)18(24)16-3-1-2-14(10-16)13-23/h1-5,10,12-13H,6-9H2. The number of rotatable bonds is 3. The highest BCUT2D eigenvalue weighted by atomic mass is 16.2. The first-order valence-corrected chi connectivity index (χ1v) is 7.67. The molecule has 1 fully saturated rings. The summed E-state index contributed by atoms with van der Waals surface area (Å²) in [7, 11) is 0. The lowest BCUT2D eigenvalue weighted by atomic mass is 10.1. The molecule has 1 aliphatic rings. The van der Waals surface area contributed by atoms with Crippen LogP contribution < -0.4 is 4.90 Å². The Hall–Kier alpha value is -3.20. The Kier molecular flexibility index (Phi) is 4.52. The molecule has 24 heavy (non-hydrogen) atoms. The number of pyridine rings is 1. The molecule has 0 atom stereocenters. The molecule has 0 N–H and O–H groups in total. The fourth-order valence-electron chi connectivity index (χ4n) is 2.71. The number of hydrogen-bond acceptors (Lipinski definition) is 5. The number of aldehydes is 1. The summed E-state index contributed by atoms with van der Waals surface area (Å²) in [6.45, 7) is 2.54. The largest absolute Gasteiger partial charge is 0.353 e. The van der Waals surface area contributed by atoms with Crippen LogP contribution in [0.15, 0.2) is 42.6 Å². The van der Waals surface area contributed by atoms with Crippen LogP contribution in [0.3, 0.4) is 0 Å². The summed E-state index contributed by atoms with van der Waals surface area (Å²) in [6.07, 6.45) is 2.29. The number of carbonyl (C=O) groups is 2. The molecule has 2 aromatic rings. The monoisotopic (exact) mass is 320 g/mol. The minimum Gasteiger partial charge on any atom is -0.353 e. The normalized spacial score (nSPS) is 14.1. The van der Waals surface area contributed by atoms with Crippen LogP contribution in [0.25, 0.3) is 0 Å². The van der Waals surface area contributed by atoms with Gasteiger partial charge in [-0.15, -0.1) is 0 Å². The van der Waals surface area contributed by atoms with Gasteiger partial charge in [-0.25, -0.2) is 4.98 Å². The number of hydrogen-bond donors (Lipinski definition) is 0. The molecule has 1 amide bonds. The number of benzene rings is 1. The van der Waals surface area contributed by atoms with Crippen molar-refractivity contribution < 1.29 is 9.59 Å². The van der Waals surface area contributed by atoms with Crippen LogP contribution in [-0.4, -0.2) is 48.3 Å². The minimum absolute atomic E-state index is 0.0638. The quantitative estimate of drug-likeness (QED) is 0.805. The Balaban J connectivity index is 1.64. The predicted molar refractivity (Wildman–Crippen MR) is 88.9 cm³/mol. The van der Waals surface area contributed by atoms with Gasteiger partial charge in [0.1, 0.15) is 18.2 Å². The maximum atomic E-state index is 12.5. The third kappa shape index (κ3) is 3.25. The van der Waals surface area contributed by atoms with Crippen molar-refractivity contribution >= 4 is 18.0 Å². The summed E-state index contributed by atoms with van der Waals surface area (Å²) in [5.41, 5.74) is 1.56. The van der Waals surface area contributed by atoms with Crippen molar-refractivity contribution in [3.8, 4) is 6.07 Å². The zero-order valence-electron chi connectivity index (χ0n) is 13.1. The summed E-state index contributed by atoms with van der Waals surface area (Å²) in [5, 5.41) is 8.81. The van der Waals surface area contributed by atoms with Gasteiger partial charge in [0, 0.05) is 43.5 Å². The van der Waals surface area contributed by atoms with E-state index in [4.69, 9.17) is 5.26 Å². The van der Waals surface area contributed by atoms with E-state index in [1.807, 2.05) is 12.1 Å².